The van der Waals surface area contributed by atoms with Gasteiger partial charge in [-0.15, -0.1) is 0 Å². The van der Waals surface area contributed by atoms with Gasteiger partial charge in [-0.3, -0.25) is 4.79 Å². The molecule has 39 heavy (non-hydrogen) atoms. The van der Waals surface area contributed by atoms with Crippen molar-refractivity contribution < 1.29 is 23.1 Å². The summed E-state index contributed by atoms with van der Waals surface area (Å²) in [6.07, 6.45) is 3.97. The molecule has 2 heterocycles. The number of primary amides is 1. The summed E-state index contributed by atoms with van der Waals surface area (Å²) < 4.78 is 33.2. The van der Waals surface area contributed by atoms with Gasteiger partial charge in [-0.25, -0.2) is 12.7 Å². The first-order valence-corrected chi connectivity index (χ1v) is 14.8. The molecule has 1 amide bonds. The lowest BCUT2D eigenvalue weighted by Crippen LogP contribution is -2.39. The predicted octanol–water partition coefficient (Wildman–Crippen LogP) is 4.55. The van der Waals surface area contributed by atoms with Crippen molar-refractivity contribution in [2.45, 2.75) is 31.6 Å². The second-order valence-corrected chi connectivity index (χ2v) is 12.1. The van der Waals surface area contributed by atoms with Crippen LogP contribution in [0.15, 0.2) is 72.9 Å². The van der Waals surface area contributed by atoms with Gasteiger partial charge in [0.2, 0.25) is 15.9 Å². The molecular formula is C30H33N3O5S. The molecule has 8 nitrogen and oxygen atoms in total. The fourth-order valence-electron chi connectivity index (χ4n) is 5.34. The lowest BCUT2D eigenvalue weighted by molar-refractivity contribution is -0.117. The number of phenols is 1. The number of hydrogen-bond donors (Lipinski definition) is 3. The van der Waals surface area contributed by atoms with Crippen molar-refractivity contribution in [3.05, 3.63) is 84.1 Å². The average molecular weight is 548 g/mol. The summed E-state index contributed by atoms with van der Waals surface area (Å²) in [5, 5.41) is 10.4. The number of carbonyl (C=O) groups is 1. The quantitative estimate of drug-likeness (QED) is 0.251. The Kier molecular flexibility index (Phi) is 7.90. The van der Waals surface area contributed by atoms with Gasteiger partial charge in [-0.1, -0.05) is 30.3 Å². The van der Waals surface area contributed by atoms with Crippen LogP contribution in [0.25, 0.3) is 22.0 Å². The second-order valence-electron chi connectivity index (χ2n) is 10.00. The van der Waals surface area contributed by atoms with Crippen LogP contribution in [0.4, 0.5) is 0 Å². The van der Waals surface area contributed by atoms with E-state index in [1.165, 1.54) is 12.1 Å². The minimum Gasteiger partial charge on any atom is -0.508 e. The number of aromatic hydroxyl groups is 1. The number of H-pyrrole nitrogens is 1. The number of aromatic amines is 1. The number of carbonyl (C=O) groups excluding carboxylic acids is 1. The van der Waals surface area contributed by atoms with Gasteiger partial charge in [0, 0.05) is 30.2 Å². The number of ether oxygens (including phenoxy) is 1. The molecule has 1 aromatic heterocycles. The molecule has 0 radical (unpaired) electrons. The molecule has 3 aromatic carbocycles. The van der Waals surface area contributed by atoms with Crippen LogP contribution in [-0.2, 0) is 21.2 Å². The highest BCUT2D eigenvalue weighted by Gasteiger charge is 2.30. The first-order valence-electron chi connectivity index (χ1n) is 13.2. The van der Waals surface area contributed by atoms with Crippen LogP contribution in [0.1, 0.15) is 36.3 Å². The molecule has 4 N–H and O–H groups in total. The monoisotopic (exact) mass is 547 g/mol. The summed E-state index contributed by atoms with van der Waals surface area (Å²) in [6, 6.07) is 20.6. The van der Waals surface area contributed by atoms with Gasteiger partial charge in [0.15, 0.2) is 0 Å². The third kappa shape index (κ3) is 6.26. The maximum absolute atomic E-state index is 13.0. The average Bonchev–Trinajstić information content (AvgIpc) is 3.37. The number of fused-ring (bicyclic) bond motifs is 1. The van der Waals surface area contributed by atoms with Gasteiger partial charge in [0.25, 0.3) is 0 Å². The van der Waals surface area contributed by atoms with E-state index >= 15 is 0 Å². The zero-order valence-corrected chi connectivity index (χ0v) is 22.5. The lowest BCUT2D eigenvalue weighted by atomic mass is 9.88. The summed E-state index contributed by atoms with van der Waals surface area (Å²) in [5.41, 5.74) is 10.6. The molecule has 1 fully saturated rings. The largest absolute Gasteiger partial charge is 0.508 e. The maximum atomic E-state index is 13.0. The van der Waals surface area contributed by atoms with E-state index in [2.05, 4.69) is 11.1 Å². The molecule has 5 rings (SSSR count). The molecule has 0 atom stereocenters. The van der Waals surface area contributed by atoms with Crippen molar-refractivity contribution in [3.8, 4) is 22.6 Å². The summed E-state index contributed by atoms with van der Waals surface area (Å²) in [6.45, 7) is 1.21. The smallest absolute Gasteiger partial charge is 0.221 e. The van der Waals surface area contributed by atoms with Crippen LogP contribution in [-0.4, -0.2) is 54.2 Å². The Labute approximate surface area is 228 Å². The standard InChI is InChI=1S/C30H33N3O5S/c31-29(35)19-24-17-23(21-5-2-1-3-6-21)18-27-28(20-32-30(24)27)22-11-13-33(14-12-22)39(36,37)16-4-15-38-26-9-7-25(34)8-10-26/h1-3,5-10,17-18,20,22,32,34H,4,11-16,19H2,(H2,31,35). The topological polar surface area (TPSA) is 126 Å². The zero-order chi connectivity index (χ0) is 27.4. The van der Waals surface area contributed by atoms with E-state index in [-0.39, 0.29) is 36.4 Å². The number of piperidine rings is 1. The van der Waals surface area contributed by atoms with Gasteiger partial charge in [0.1, 0.15) is 11.5 Å². The highest BCUT2D eigenvalue weighted by Crippen LogP contribution is 2.37. The Morgan fingerprint density at radius 3 is 2.44 bits per heavy atom. The second kappa shape index (κ2) is 11.5. The van der Waals surface area contributed by atoms with Crippen LogP contribution >= 0.6 is 0 Å². The third-order valence-corrected chi connectivity index (χ3v) is 9.27. The van der Waals surface area contributed by atoms with Crippen molar-refractivity contribution in [1.82, 2.24) is 9.29 Å². The van der Waals surface area contributed by atoms with Crippen molar-refractivity contribution in [2.75, 3.05) is 25.4 Å². The number of aromatic nitrogens is 1. The Bertz CT molecular complexity index is 1540. The van der Waals surface area contributed by atoms with E-state index in [1.807, 2.05) is 42.6 Å². The van der Waals surface area contributed by atoms with Crippen molar-refractivity contribution in [1.29, 1.82) is 0 Å². The minimum absolute atomic E-state index is 0.0275. The molecule has 0 saturated carbocycles. The van der Waals surface area contributed by atoms with Crippen LogP contribution < -0.4 is 10.5 Å². The number of nitrogens with two attached hydrogens (primary N) is 1. The van der Waals surface area contributed by atoms with Crippen LogP contribution in [0.2, 0.25) is 0 Å². The molecule has 4 aromatic rings. The molecule has 0 unspecified atom stereocenters. The van der Waals surface area contributed by atoms with E-state index in [0.717, 1.165) is 46.0 Å². The fourth-order valence-corrected chi connectivity index (χ4v) is 6.85. The van der Waals surface area contributed by atoms with E-state index in [1.54, 1.807) is 16.4 Å². The van der Waals surface area contributed by atoms with Gasteiger partial charge in [-0.05, 0) is 83.8 Å². The lowest BCUT2D eigenvalue weighted by Gasteiger charge is -2.31. The van der Waals surface area contributed by atoms with E-state index in [0.29, 0.717) is 25.3 Å². The third-order valence-electron chi connectivity index (χ3n) is 7.31. The van der Waals surface area contributed by atoms with Crippen LogP contribution in [0.5, 0.6) is 11.5 Å². The van der Waals surface area contributed by atoms with Crippen LogP contribution in [0, 0.1) is 0 Å². The number of amides is 1. The van der Waals surface area contributed by atoms with E-state index < -0.39 is 10.0 Å². The van der Waals surface area contributed by atoms with Gasteiger partial charge in [0.05, 0.1) is 18.8 Å². The molecule has 0 bridgehead atoms. The Balaban J connectivity index is 1.26. The molecule has 0 aliphatic carbocycles. The highest BCUT2D eigenvalue weighted by molar-refractivity contribution is 7.89. The summed E-state index contributed by atoms with van der Waals surface area (Å²) in [7, 11) is -3.39. The van der Waals surface area contributed by atoms with E-state index in [4.69, 9.17) is 10.5 Å². The Morgan fingerprint density at radius 1 is 1.03 bits per heavy atom. The molecule has 0 spiro atoms. The number of phenolic OH excluding ortho intramolecular Hbond substituents is 1. The zero-order valence-electron chi connectivity index (χ0n) is 21.7. The first-order chi connectivity index (χ1) is 18.8. The molecule has 1 aliphatic heterocycles. The summed E-state index contributed by atoms with van der Waals surface area (Å²) >= 11 is 0. The number of nitrogens with zero attached hydrogens (tertiary/aromatic N) is 1. The molecule has 1 saturated heterocycles. The fraction of sp³-hybridized carbons (Fsp3) is 0.300. The number of hydrogen-bond acceptors (Lipinski definition) is 5. The van der Waals surface area contributed by atoms with Crippen molar-refractivity contribution in [3.63, 3.8) is 0 Å². The van der Waals surface area contributed by atoms with E-state index in [9.17, 15) is 18.3 Å². The Hall–Kier alpha value is -3.82. The van der Waals surface area contributed by atoms with Crippen molar-refractivity contribution >= 4 is 26.8 Å². The number of benzene rings is 3. The number of nitrogens with one attached hydrogen (secondary N) is 1. The normalized spacial score (nSPS) is 15.0. The SMILES string of the molecule is NC(=O)Cc1cc(-c2ccccc2)cc2c(C3CCN(S(=O)(=O)CCCOc4ccc(O)cc4)CC3)c[nH]c12. The molecule has 1 aliphatic rings. The summed E-state index contributed by atoms with van der Waals surface area (Å²) in [5.74, 6) is 0.600. The van der Waals surface area contributed by atoms with Gasteiger partial charge < -0.3 is 20.6 Å². The highest BCUT2D eigenvalue weighted by atomic mass is 32.2. The maximum Gasteiger partial charge on any atom is 0.221 e. The molecular weight excluding hydrogens is 514 g/mol. The molecule has 204 valence electrons. The Morgan fingerprint density at radius 2 is 1.74 bits per heavy atom. The summed E-state index contributed by atoms with van der Waals surface area (Å²) in [4.78, 5) is 15.2. The number of rotatable bonds is 10. The van der Waals surface area contributed by atoms with Crippen molar-refractivity contribution in [2.24, 2.45) is 5.73 Å². The van der Waals surface area contributed by atoms with Crippen LogP contribution in [0.3, 0.4) is 0 Å². The van der Waals surface area contributed by atoms with Gasteiger partial charge in [-0.2, -0.15) is 0 Å². The number of sulfonamides is 1. The molecule has 9 heteroatoms. The predicted molar refractivity (Wildman–Crippen MR) is 152 cm³/mol. The first kappa shape index (κ1) is 26.8. The van der Waals surface area contributed by atoms with Gasteiger partial charge >= 0.3 is 0 Å². The minimum atomic E-state index is -3.39.